The highest BCUT2D eigenvalue weighted by Gasteiger charge is 2.26. The second kappa shape index (κ2) is 4.78. The average Bonchev–Trinajstić information content (AvgIpc) is 2.83. The summed E-state index contributed by atoms with van der Waals surface area (Å²) in [6.45, 7) is 5.85. The van der Waals surface area contributed by atoms with Crippen LogP contribution in [0, 0.1) is 0 Å². The number of amides is 2. The first-order chi connectivity index (χ1) is 8.09. The lowest BCUT2D eigenvalue weighted by Crippen LogP contribution is -2.47. The minimum absolute atomic E-state index is 0.0522. The van der Waals surface area contributed by atoms with E-state index in [0.29, 0.717) is 0 Å². The number of likely N-dealkylation sites (tertiary alicyclic amines) is 1. The molecule has 1 heterocycles. The Morgan fingerprint density at radius 1 is 1.18 bits per heavy atom. The number of nitrogens with one attached hydrogen (secondary N) is 1. The minimum atomic E-state index is -0.319. The number of hydrogen-bond acceptors (Lipinski definition) is 1. The normalized spacial score (nSPS) is 16.0. The Balaban J connectivity index is 2.04. The highest BCUT2D eigenvalue weighted by atomic mass is 16.2. The lowest BCUT2D eigenvalue weighted by Gasteiger charge is -2.29. The second-order valence-electron chi connectivity index (χ2n) is 5.12. The lowest BCUT2D eigenvalue weighted by molar-refractivity contribution is 0.197. The van der Waals surface area contributed by atoms with Crippen LogP contribution in [-0.4, -0.2) is 24.0 Å². The van der Waals surface area contributed by atoms with Gasteiger partial charge in [-0.1, -0.05) is 30.3 Å². The van der Waals surface area contributed by atoms with E-state index in [4.69, 9.17) is 0 Å². The maximum absolute atomic E-state index is 12.0. The monoisotopic (exact) mass is 232 g/mol. The van der Waals surface area contributed by atoms with Crippen LogP contribution >= 0.6 is 0 Å². The van der Waals surface area contributed by atoms with Gasteiger partial charge in [0, 0.05) is 13.1 Å². The van der Waals surface area contributed by atoms with E-state index in [9.17, 15) is 4.79 Å². The van der Waals surface area contributed by atoms with E-state index in [0.717, 1.165) is 31.5 Å². The number of rotatable bonds is 2. The number of urea groups is 1. The second-order valence-corrected chi connectivity index (χ2v) is 5.12. The molecule has 0 radical (unpaired) electrons. The molecule has 1 fully saturated rings. The third-order valence-corrected chi connectivity index (χ3v) is 3.31. The zero-order valence-corrected chi connectivity index (χ0v) is 10.6. The van der Waals surface area contributed by atoms with Crippen LogP contribution in [0.1, 0.15) is 32.3 Å². The van der Waals surface area contributed by atoms with Gasteiger partial charge in [0.2, 0.25) is 0 Å². The van der Waals surface area contributed by atoms with Crippen molar-refractivity contribution in [2.45, 2.75) is 32.2 Å². The molecule has 1 saturated heterocycles. The van der Waals surface area contributed by atoms with Crippen molar-refractivity contribution in [2.75, 3.05) is 13.1 Å². The minimum Gasteiger partial charge on any atom is -0.329 e. The van der Waals surface area contributed by atoms with Gasteiger partial charge in [0.15, 0.2) is 0 Å². The van der Waals surface area contributed by atoms with Crippen LogP contribution in [0.25, 0.3) is 0 Å². The Bertz CT molecular complexity index is 380. The van der Waals surface area contributed by atoms with Crippen LogP contribution in [0.4, 0.5) is 4.79 Å². The molecule has 0 atom stereocenters. The fourth-order valence-corrected chi connectivity index (χ4v) is 2.19. The summed E-state index contributed by atoms with van der Waals surface area (Å²) in [7, 11) is 0. The van der Waals surface area contributed by atoms with Crippen molar-refractivity contribution >= 4 is 6.03 Å². The summed E-state index contributed by atoms with van der Waals surface area (Å²) < 4.78 is 0. The van der Waals surface area contributed by atoms with Crippen LogP contribution < -0.4 is 5.32 Å². The van der Waals surface area contributed by atoms with E-state index in [1.165, 1.54) is 0 Å². The van der Waals surface area contributed by atoms with Gasteiger partial charge in [-0.15, -0.1) is 0 Å². The average molecular weight is 232 g/mol. The molecular formula is C14H20N2O. The molecule has 1 aliphatic rings. The predicted octanol–water partition coefficient (Wildman–Crippen LogP) is 2.73. The number of nitrogens with zero attached hydrogens (tertiary/aromatic N) is 1. The fraction of sp³-hybridized carbons (Fsp3) is 0.500. The standard InChI is InChI=1S/C14H20N2O/c1-14(2,12-8-4-3-5-9-12)15-13(17)16-10-6-7-11-16/h3-5,8-9H,6-7,10-11H2,1-2H3,(H,15,17). The van der Waals surface area contributed by atoms with Gasteiger partial charge >= 0.3 is 6.03 Å². The third kappa shape index (κ3) is 2.78. The first kappa shape index (κ1) is 12.0. The van der Waals surface area contributed by atoms with Crippen LogP contribution in [-0.2, 0) is 5.54 Å². The molecule has 0 saturated carbocycles. The van der Waals surface area contributed by atoms with Crippen molar-refractivity contribution in [2.24, 2.45) is 0 Å². The van der Waals surface area contributed by atoms with Crippen molar-refractivity contribution in [3.05, 3.63) is 35.9 Å². The largest absolute Gasteiger partial charge is 0.329 e. The zero-order valence-electron chi connectivity index (χ0n) is 10.6. The molecule has 0 aliphatic carbocycles. The molecule has 3 nitrogen and oxygen atoms in total. The summed E-state index contributed by atoms with van der Waals surface area (Å²) >= 11 is 0. The van der Waals surface area contributed by atoms with Gasteiger partial charge in [0.25, 0.3) is 0 Å². The molecule has 1 aliphatic heterocycles. The van der Waals surface area contributed by atoms with Crippen molar-refractivity contribution in [3.8, 4) is 0 Å². The van der Waals surface area contributed by atoms with E-state index >= 15 is 0 Å². The molecule has 2 rings (SSSR count). The lowest BCUT2D eigenvalue weighted by atomic mass is 9.94. The summed E-state index contributed by atoms with van der Waals surface area (Å²) in [6, 6.07) is 10.1. The summed E-state index contributed by atoms with van der Waals surface area (Å²) in [4.78, 5) is 13.9. The van der Waals surface area contributed by atoms with Crippen molar-refractivity contribution in [1.82, 2.24) is 10.2 Å². The molecule has 1 aromatic rings. The van der Waals surface area contributed by atoms with Gasteiger partial charge in [0.05, 0.1) is 5.54 Å². The smallest absolute Gasteiger partial charge is 0.318 e. The Labute approximate surface area is 103 Å². The third-order valence-electron chi connectivity index (χ3n) is 3.31. The Hall–Kier alpha value is -1.51. The van der Waals surface area contributed by atoms with Gasteiger partial charge in [-0.2, -0.15) is 0 Å². The molecule has 1 N–H and O–H groups in total. The van der Waals surface area contributed by atoms with Crippen LogP contribution in [0.5, 0.6) is 0 Å². The highest BCUT2D eigenvalue weighted by Crippen LogP contribution is 2.20. The van der Waals surface area contributed by atoms with Gasteiger partial charge in [-0.25, -0.2) is 4.79 Å². The van der Waals surface area contributed by atoms with E-state index in [1.807, 2.05) is 49.1 Å². The summed E-state index contributed by atoms with van der Waals surface area (Å²) in [5, 5.41) is 3.10. The van der Waals surface area contributed by atoms with Gasteiger partial charge in [0.1, 0.15) is 0 Å². The van der Waals surface area contributed by atoms with Crippen LogP contribution in [0.15, 0.2) is 30.3 Å². The van der Waals surface area contributed by atoms with E-state index in [-0.39, 0.29) is 11.6 Å². The molecule has 0 bridgehead atoms. The molecule has 0 spiro atoms. The first-order valence-electron chi connectivity index (χ1n) is 6.22. The van der Waals surface area contributed by atoms with Crippen LogP contribution in [0.3, 0.4) is 0 Å². The molecule has 0 aromatic heterocycles. The topological polar surface area (TPSA) is 32.3 Å². The molecule has 0 unspecified atom stereocenters. The quantitative estimate of drug-likeness (QED) is 0.835. The molecular weight excluding hydrogens is 212 g/mol. The maximum Gasteiger partial charge on any atom is 0.318 e. The SMILES string of the molecule is CC(C)(NC(=O)N1CCCC1)c1ccccc1. The van der Waals surface area contributed by atoms with Crippen molar-refractivity contribution in [3.63, 3.8) is 0 Å². The molecule has 2 amide bonds. The first-order valence-corrected chi connectivity index (χ1v) is 6.22. The fourth-order valence-electron chi connectivity index (χ4n) is 2.19. The van der Waals surface area contributed by atoms with Crippen molar-refractivity contribution < 1.29 is 4.79 Å². The van der Waals surface area contributed by atoms with E-state index in [1.54, 1.807) is 0 Å². The Morgan fingerprint density at radius 2 is 1.76 bits per heavy atom. The zero-order chi connectivity index (χ0) is 12.3. The number of benzene rings is 1. The number of carbonyl (C=O) groups excluding carboxylic acids is 1. The van der Waals surface area contributed by atoms with Gasteiger partial charge < -0.3 is 10.2 Å². The number of carbonyl (C=O) groups is 1. The van der Waals surface area contributed by atoms with Crippen LogP contribution in [0.2, 0.25) is 0 Å². The number of hydrogen-bond donors (Lipinski definition) is 1. The summed E-state index contributed by atoms with van der Waals surface area (Å²) in [6.07, 6.45) is 2.25. The Kier molecular flexibility index (Phi) is 3.36. The van der Waals surface area contributed by atoms with Gasteiger partial charge in [-0.3, -0.25) is 0 Å². The van der Waals surface area contributed by atoms with E-state index < -0.39 is 0 Å². The molecule has 92 valence electrons. The van der Waals surface area contributed by atoms with Crippen molar-refractivity contribution in [1.29, 1.82) is 0 Å². The maximum atomic E-state index is 12.0. The molecule has 17 heavy (non-hydrogen) atoms. The van der Waals surface area contributed by atoms with E-state index in [2.05, 4.69) is 5.32 Å². The Morgan fingerprint density at radius 3 is 2.35 bits per heavy atom. The summed E-state index contributed by atoms with van der Waals surface area (Å²) in [5.74, 6) is 0. The summed E-state index contributed by atoms with van der Waals surface area (Å²) in [5.41, 5.74) is 0.813. The van der Waals surface area contributed by atoms with Gasteiger partial charge in [-0.05, 0) is 32.3 Å². The highest BCUT2D eigenvalue weighted by molar-refractivity contribution is 5.75. The predicted molar refractivity (Wildman–Crippen MR) is 68.8 cm³/mol. The molecule has 1 aromatic carbocycles. The molecule has 3 heteroatoms.